The third kappa shape index (κ3) is 3.19. The molecule has 26 heavy (non-hydrogen) atoms. The molecule has 0 atom stereocenters. The number of hydrogen-bond donors (Lipinski definition) is 1. The van der Waals surface area contributed by atoms with Crippen molar-refractivity contribution in [1.82, 2.24) is 0 Å². The number of rotatable bonds is 5. The van der Waals surface area contributed by atoms with Gasteiger partial charge in [-0.05, 0) is 43.3 Å². The lowest BCUT2D eigenvalue weighted by molar-refractivity contribution is -0.120. The fraction of sp³-hybridized carbons (Fsp3) is 0.105. The number of carbonyl (C=O) groups is 3. The molecule has 1 aliphatic rings. The first-order valence-corrected chi connectivity index (χ1v) is 8.11. The number of benzene rings is 2. The van der Waals surface area contributed by atoms with Crippen LogP contribution in [0.2, 0.25) is 0 Å². The summed E-state index contributed by atoms with van der Waals surface area (Å²) in [6, 6.07) is 13.1. The summed E-state index contributed by atoms with van der Waals surface area (Å²) in [6.45, 7) is 1.47. The van der Waals surface area contributed by atoms with E-state index in [0.29, 0.717) is 22.7 Å². The molecule has 132 valence electrons. The van der Waals surface area contributed by atoms with Gasteiger partial charge in [-0.15, -0.1) is 0 Å². The van der Waals surface area contributed by atoms with Gasteiger partial charge in [0.15, 0.2) is 5.78 Å². The molecule has 1 N–H and O–H groups in total. The van der Waals surface area contributed by atoms with E-state index in [-0.39, 0.29) is 16.5 Å². The van der Waals surface area contributed by atoms with Gasteiger partial charge in [0.1, 0.15) is 16.5 Å². The van der Waals surface area contributed by atoms with E-state index >= 15 is 0 Å². The van der Waals surface area contributed by atoms with Crippen LogP contribution in [0.1, 0.15) is 17.3 Å². The predicted octanol–water partition coefficient (Wildman–Crippen LogP) is 3.33. The second-order valence-corrected chi connectivity index (χ2v) is 5.97. The number of imide groups is 1. The van der Waals surface area contributed by atoms with Gasteiger partial charge in [0.05, 0.1) is 12.8 Å². The maximum atomic E-state index is 12.7. The Hall–Kier alpha value is -3.12. The highest BCUT2D eigenvalue weighted by atomic mass is 35.5. The van der Waals surface area contributed by atoms with Crippen LogP contribution in [0, 0.1) is 0 Å². The Labute approximate surface area is 155 Å². The molecule has 0 aromatic heterocycles. The predicted molar refractivity (Wildman–Crippen MR) is 98.4 cm³/mol. The van der Waals surface area contributed by atoms with Crippen LogP contribution in [-0.2, 0) is 9.59 Å². The monoisotopic (exact) mass is 370 g/mol. The molecule has 3 rings (SSSR count). The van der Waals surface area contributed by atoms with E-state index in [9.17, 15) is 14.4 Å². The average molecular weight is 371 g/mol. The van der Waals surface area contributed by atoms with Crippen LogP contribution in [-0.4, -0.2) is 24.7 Å². The fourth-order valence-electron chi connectivity index (χ4n) is 2.53. The van der Waals surface area contributed by atoms with Crippen LogP contribution < -0.4 is 15.0 Å². The number of amides is 2. The average Bonchev–Trinajstić information content (AvgIpc) is 2.85. The molecule has 0 aliphatic carbocycles. The lowest BCUT2D eigenvalue weighted by Gasteiger charge is -2.16. The van der Waals surface area contributed by atoms with E-state index in [1.165, 1.54) is 14.0 Å². The van der Waals surface area contributed by atoms with Crippen LogP contribution in [0.3, 0.4) is 0 Å². The highest BCUT2D eigenvalue weighted by Crippen LogP contribution is 2.31. The van der Waals surface area contributed by atoms with Gasteiger partial charge in [-0.1, -0.05) is 17.7 Å². The highest BCUT2D eigenvalue weighted by molar-refractivity contribution is 6.53. The number of nitrogens with zero attached hydrogens (tertiary/aromatic N) is 1. The van der Waals surface area contributed by atoms with Crippen molar-refractivity contribution in [2.45, 2.75) is 6.92 Å². The summed E-state index contributed by atoms with van der Waals surface area (Å²) in [5.74, 6) is -0.734. The van der Waals surface area contributed by atoms with Crippen LogP contribution in [0.25, 0.3) is 0 Å². The van der Waals surface area contributed by atoms with E-state index < -0.39 is 11.8 Å². The van der Waals surface area contributed by atoms with Gasteiger partial charge in [-0.2, -0.15) is 0 Å². The van der Waals surface area contributed by atoms with Crippen LogP contribution in [0.5, 0.6) is 5.75 Å². The normalized spacial score (nSPS) is 14.0. The molecule has 2 aromatic rings. The van der Waals surface area contributed by atoms with Crippen molar-refractivity contribution < 1.29 is 19.1 Å². The zero-order valence-corrected chi connectivity index (χ0v) is 14.8. The zero-order chi connectivity index (χ0) is 18.8. The van der Waals surface area contributed by atoms with Crippen molar-refractivity contribution in [3.63, 3.8) is 0 Å². The minimum atomic E-state index is -0.618. The van der Waals surface area contributed by atoms with Gasteiger partial charge >= 0.3 is 0 Å². The molecule has 0 fully saturated rings. The molecule has 7 heteroatoms. The van der Waals surface area contributed by atoms with E-state index in [2.05, 4.69) is 5.32 Å². The lowest BCUT2D eigenvalue weighted by atomic mass is 10.1. The van der Waals surface area contributed by atoms with E-state index in [1.807, 2.05) is 0 Å². The summed E-state index contributed by atoms with van der Waals surface area (Å²) in [5, 5.41) is 2.66. The standard InChI is InChI=1S/C19H15ClN2O4/c1-11(23)12-6-8-13(9-7-12)21-17-16(20)18(24)22(19(17)25)14-4-3-5-15(10-14)26-2/h3-10,21H,1-2H3. The number of nitrogens with one attached hydrogen (secondary N) is 1. The number of ether oxygens (including phenoxy) is 1. The second-order valence-electron chi connectivity index (χ2n) is 5.59. The zero-order valence-electron chi connectivity index (χ0n) is 14.1. The number of ketones is 1. The summed E-state index contributed by atoms with van der Waals surface area (Å²) in [7, 11) is 1.50. The number of methoxy groups -OCH3 is 1. The smallest absolute Gasteiger partial charge is 0.283 e. The third-order valence-electron chi connectivity index (χ3n) is 3.90. The third-order valence-corrected chi connectivity index (χ3v) is 4.25. The molecule has 0 unspecified atom stereocenters. The van der Waals surface area contributed by atoms with Gasteiger partial charge in [0.2, 0.25) is 0 Å². The summed E-state index contributed by atoms with van der Waals surface area (Å²) in [6.07, 6.45) is 0. The fourth-order valence-corrected chi connectivity index (χ4v) is 2.74. The number of hydrogen-bond acceptors (Lipinski definition) is 5. The Morgan fingerprint density at radius 1 is 1.08 bits per heavy atom. The van der Waals surface area contributed by atoms with Crippen molar-refractivity contribution in [2.75, 3.05) is 17.3 Å². The molecule has 1 aliphatic heterocycles. The Kier molecular flexibility index (Phi) is 4.77. The first-order valence-electron chi connectivity index (χ1n) is 7.73. The maximum Gasteiger partial charge on any atom is 0.283 e. The van der Waals surface area contributed by atoms with Crippen molar-refractivity contribution in [2.24, 2.45) is 0 Å². The van der Waals surface area contributed by atoms with E-state index in [1.54, 1.807) is 48.5 Å². The number of halogens is 1. The molecule has 0 radical (unpaired) electrons. The highest BCUT2D eigenvalue weighted by Gasteiger charge is 2.39. The Morgan fingerprint density at radius 3 is 2.38 bits per heavy atom. The van der Waals surface area contributed by atoms with E-state index in [4.69, 9.17) is 16.3 Å². The molecule has 2 amide bonds. The SMILES string of the molecule is COc1cccc(N2C(=O)C(Cl)=C(Nc3ccc(C(C)=O)cc3)C2=O)c1. The first-order chi connectivity index (χ1) is 12.4. The quantitative estimate of drug-likeness (QED) is 0.645. The summed E-state index contributed by atoms with van der Waals surface area (Å²) >= 11 is 6.09. The molecule has 0 spiro atoms. The summed E-state index contributed by atoms with van der Waals surface area (Å²) in [5.41, 5.74) is 1.43. The largest absolute Gasteiger partial charge is 0.497 e. The number of anilines is 2. The molecule has 0 saturated heterocycles. The van der Waals surface area contributed by atoms with Crippen molar-refractivity contribution >= 4 is 40.6 Å². The van der Waals surface area contributed by atoms with Crippen molar-refractivity contribution in [3.8, 4) is 5.75 Å². The molecule has 1 heterocycles. The van der Waals surface area contributed by atoms with Gasteiger partial charge in [-0.25, -0.2) is 4.90 Å². The Morgan fingerprint density at radius 2 is 1.77 bits per heavy atom. The Bertz CT molecular complexity index is 935. The van der Waals surface area contributed by atoms with Gasteiger partial charge in [0.25, 0.3) is 11.8 Å². The molecular weight excluding hydrogens is 356 g/mol. The molecule has 0 bridgehead atoms. The van der Waals surface area contributed by atoms with Gasteiger partial charge < -0.3 is 10.1 Å². The maximum absolute atomic E-state index is 12.7. The number of carbonyl (C=O) groups excluding carboxylic acids is 3. The van der Waals surface area contributed by atoms with Crippen LogP contribution in [0.15, 0.2) is 59.3 Å². The van der Waals surface area contributed by atoms with E-state index in [0.717, 1.165) is 4.90 Å². The minimum absolute atomic E-state index is 0.0185. The van der Waals surface area contributed by atoms with Gasteiger partial charge in [-0.3, -0.25) is 14.4 Å². The first kappa shape index (κ1) is 17.7. The molecule has 0 saturated carbocycles. The molecule has 2 aromatic carbocycles. The minimum Gasteiger partial charge on any atom is -0.497 e. The second kappa shape index (κ2) is 7.01. The van der Waals surface area contributed by atoms with Crippen molar-refractivity contribution in [3.05, 3.63) is 64.8 Å². The Balaban J connectivity index is 1.87. The topological polar surface area (TPSA) is 75.7 Å². The van der Waals surface area contributed by atoms with Crippen LogP contribution in [0.4, 0.5) is 11.4 Å². The summed E-state index contributed by atoms with van der Waals surface area (Å²) in [4.78, 5) is 37.5. The van der Waals surface area contributed by atoms with Crippen molar-refractivity contribution in [1.29, 1.82) is 0 Å². The van der Waals surface area contributed by atoms with Crippen LogP contribution >= 0.6 is 11.6 Å². The van der Waals surface area contributed by atoms with Gasteiger partial charge in [0, 0.05) is 17.3 Å². The molecular formula is C19H15ClN2O4. The molecule has 6 nitrogen and oxygen atoms in total. The lowest BCUT2D eigenvalue weighted by Crippen LogP contribution is -2.32. The summed E-state index contributed by atoms with van der Waals surface area (Å²) < 4.78 is 5.13. The number of Topliss-reactive ketones (excluding diaryl/α,β-unsaturated/α-hetero) is 1.